The standard InChI is InChI=1S/C10H18O5.C10H16O4/c1-4-10(2,3)9(14)15-7(5-6-11)8(12)13;1-4-10(2,3)9(12)14-7-5-6-13-8(7)11/h7,11H,4-6H2,1-3H3,(H,12,13);7H,4-6H2,1-3H3. The van der Waals surface area contributed by atoms with Crippen molar-refractivity contribution in [2.24, 2.45) is 10.8 Å². The summed E-state index contributed by atoms with van der Waals surface area (Å²) in [5.41, 5.74) is -1.22. The Balaban J connectivity index is 0.000000541. The van der Waals surface area contributed by atoms with Gasteiger partial charge in [0.1, 0.15) is 0 Å². The molecule has 1 saturated heterocycles. The van der Waals surface area contributed by atoms with Gasteiger partial charge in [0, 0.05) is 19.4 Å². The van der Waals surface area contributed by atoms with E-state index in [1.807, 2.05) is 13.8 Å². The Morgan fingerprint density at radius 1 is 1.10 bits per heavy atom. The molecule has 0 radical (unpaired) electrons. The molecule has 1 aliphatic heterocycles. The predicted octanol–water partition coefficient (Wildman–Crippen LogP) is 2.08. The lowest BCUT2D eigenvalue weighted by molar-refractivity contribution is -0.171. The van der Waals surface area contributed by atoms with E-state index >= 15 is 0 Å². The van der Waals surface area contributed by atoms with E-state index in [4.69, 9.17) is 24.4 Å². The summed E-state index contributed by atoms with van der Waals surface area (Å²) >= 11 is 0. The van der Waals surface area contributed by atoms with Crippen molar-refractivity contribution in [1.82, 2.24) is 0 Å². The Bertz CT molecular complexity index is 581. The molecule has 29 heavy (non-hydrogen) atoms. The molecule has 1 aliphatic rings. The number of carbonyl (C=O) groups is 4. The number of carboxylic acids is 1. The van der Waals surface area contributed by atoms with Crippen LogP contribution in [0.2, 0.25) is 0 Å². The van der Waals surface area contributed by atoms with Gasteiger partial charge in [-0.25, -0.2) is 9.59 Å². The minimum atomic E-state index is -1.26. The van der Waals surface area contributed by atoms with Crippen molar-refractivity contribution < 1.29 is 43.6 Å². The molecule has 0 spiro atoms. The first kappa shape index (κ1) is 26.8. The van der Waals surface area contributed by atoms with Crippen LogP contribution in [0, 0.1) is 10.8 Å². The van der Waals surface area contributed by atoms with Crippen molar-refractivity contribution in [1.29, 1.82) is 0 Å². The number of ether oxygens (including phenoxy) is 3. The van der Waals surface area contributed by atoms with Crippen LogP contribution < -0.4 is 0 Å². The molecular weight excluding hydrogens is 384 g/mol. The van der Waals surface area contributed by atoms with Crippen molar-refractivity contribution in [2.45, 2.75) is 79.4 Å². The molecule has 0 aromatic heterocycles. The minimum Gasteiger partial charge on any atom is -0.479 e. The molecule has 9 nitrogen and oxygen atoms in total. The fourth-order valence-electron chi connectivity index (χ4n) is 1.80. The number of carboxylic acid groups (broad SMARTS) is 1. The monoisotopic (exact) mass is 418 g/mol. The van der Waals surface area contributed by atoms with Gasteiger partial charge >= 0.3 is 23.9 Å². The molecule has 2 N–H and O–H groups in total. The molecule has 0 aliphatic carbocycles. The zero-order chi connectivity index (χ0) is 22.8. The van der Waals surface area contributed by atoms with E-state index in [1.54, 1.807) is 27.7 Å². The normalized spacial score (nSPS) is 17.5. The summed E-state index contributed by atoms with van der Waals surface area (Å²) in [6, 6.07) is 0. The number of rotatable bonds is 9. The molecule has 168 valence electrons. The van der Waals surface area contributed by atoms with Crippen molar-refractivity contribution in [2.75, 3.05) is 13.2 Å². The highest BCUT2D eigenvalue weighted by molar-refractivity contribution is 5.83. The quantitative estimate of drug-likeness (QED) is 0.426. The van der Waals surface area contributed by atoms with E-state index in [-0.39, 0.29) is 19.0 Å². The minimum absolute atomic E-state index is 0.0825. The molecule has 1 fully saturated rings. The Morgan fingerprint density at radius 2 is 1.62 bits per heavy atom. The van der Waals surface area contributed by atoms with Crippen molar-refractivity contribution in [3.05, 3.63) is 0 Å². The van der Waals surface area contributed by atoms with Gasteiger partial charge in [0.25, 0.3) is 0 Å². The van der Waals surface area contributed by atoms with Gasteiger partial charge in [0.15, 0.2) is 0 Å². The maximum Gasteiger partial charge on any atom is 0.347 e. The van der Waals surface area contributed by atoms with Gasteiger partial charge in [0.2, 0.25) is 12.2 Å². The van der Waals surface area contributed by atoms with Crippen LogP contribution in [0.3, 0.4) is 0 Å². The molecular formula is C20H34O9. The van der Waals surface area contributed by atoms with E-state index in [2.05, 4.69) is 0 Å². The van der Waals surface area contributed by atoms with Gasteiger partial charge < -0.3 is 24.4 Å². The fraction of sp³-hybridized carbons (Fsp3) is 0.800. The first-order valence-electron chi connectivity index (χ1n) is 9.74. The third kappa shape index (κ3) is 8.81. The van der Waals surface area contributed by atoms with Crippen LogP contribution >= 0.6 is 0 Å². The molecule has 0 amide bonds. The van der Waals surface area contributed by atoms with Crippen LogP contribution in [-0.4, -0.2) is 59.5 Å². The maximum absolute atomic E-state index is 11.6. The topological polar surface area (TPSA) is 136 Å². The Hall–Kier alpha value is -2.16. The second kappa shape index (κ2) is 11.7. The molecule has 0 saturated carbocycles. The fourth-order valence-corrected chi connectivity index (χ4v) is 1.80. The van der Waals surface area contributed by atoms with Crippen molar-refractivity contribution >= 4 is 23.9 Å². The number of aliphatic carboxylic acids is 1. The van der Waals surface area contributed by atoms with E-state index in [0.717, 1.165) is 0 Å². The summed E-state index contributed by atoms with van der Waals surface area (Å²) in [4.78, 5) is 44.8. The van der Waals surface area contributed by atoms with E-state index in [9.17, 15) is 19.2 Å². The van der Waals surface area contributed by atoms with Gasteiger partial charge in [-0.15, -0.1) is 0 Å². The van der Waals surface area contributed by atoms with Crippen molar-refractivity contribution in [3.8, 4) is 0 Å². The smallest absolute Gasteiger partial charge is 0.347 e. The Labute approximate surface area is 171 Å². The summed E-state index contributed by atoms with van der Waals surface area (Å²) in [5.74, 6) is -2.54. The molecule has 2 unspecified atom stereocenters. The molecule has 2 atom stereocenters. The molecule has 9 heteroatoms. The second-order valence-corrected chi connectivity index (χ2v) is 8.07. The molecule has 0 aromatic carbocycles. The lowest BCUT2D eigenvalue weighted by Crippen LogP contribution is -2.34. The largest absolute Gasteiger partial charge is 0.479 e. The zero-order valence-corrected chi connectivity index (χ0v) is 18.1. The average molecular weight is 418 g/mol. The number of carbonyl (C=O) groups excluding carboxylic acids is 3. The average Bonchev–Trinajstić information content (AvgIpc) is 3.06. The Kier molecular flexibility index (Phi) is 10.9. The highest BCUT2D eigenvalue weighted by Crippen LogP contribution is 2.24. The number of esters is 3. The molecule has 1 rings (SSSR count). The zero-order valence-electron chi connectivity index (χ0n) is 18.1. The van der Waals surface area contributed by atoms with Gasteiger partial charge in [-0.05, 0) is 40.5 Å². The van der Waals surface area contributed by atoms with Gasteiger partial charge in [-0.3, -0.25) is 9.59 Å². The second-order valence-electron chi connectivity index (χ2n) is 8.07. The van der Waals surface area contributed by atoms with Crippen LogP contribution in [0.25, 0.3) is 0 Å². The number of aliphatic hydroxyl groups is 1. The molecule has 0 aromatic rings. The summed E-state index contributed by atoms with van der Waals surface area (Å²) in [7, 11) is 0. The van der Waals surface area contributed by atoms with Crippen LogP contribution in [0.1, 0.15) is 67.2 Å². The van der Waals surface area contributed by atoms with Crippen LogP contribution in [0.5, 0.6) is 0 Å². The summed E-state index contributed by atoms with van der Waals surface area (Å²) in [5, 5.41) is 17.3. The van der Waals surface area contributed by atoms with E-state index < -0.39 is 40.9 Å². The Morgan fingerprint density at radius 3 is 2.00 bits per heavy atom. The first-order chi connectivity index (χ1) is 13.3. The lowest BCUT2D eigenvalue weighted by Gasteiger charge is -2.23. The van der Waals surface area contributed by atoms with E-state index in [0.29, 0.717) is 25.9 Å². The number of hydrogen-bond donors (Lipinski definition) is 2. The van der Waals surface area contributed by atoms with Gasteiger partial charge in [-0.2, -0.15) is 0 Å². The predicted molar refractivity (Wildman–Crippen MR) is 103 cm³/mol. The van der Waals surface area contributed by atoms with Crippen LogP contribution in [0.4, 0.5) is 0 Å². The van der Waals surface area contributed by atoms with Crippen LogP contribution in [0.15, 0.2) is 0 Å². The summed E-state index contributed by atoms with van der Waals surface area (Å²) in [6.45, 7) is 10.7. The lowest BCUT2D eigenvalue weighted by atomic mass is 9.90. The highest BCUT2D eigenvalue weighted by Gasteiger charge is 2.35. The molecule has 1 heterocycles. The summed E-state index contributed by atoms with van der Waals surface area (Å²) < 4.78 is 14.6. The SMILES string of the molecule is CCC(C)(C)C(=O)OC(CCO)C(=O)O.CCC(C)(C)C(=O)OC1CCOC1=O. The number of hydrogen-bond acceptors (Lipinski definition) is 8. The van der Waals surface area contributed by atoms with Crippen LogP contribution in [-0.2, 0) is 33.4 Å². The third-order valence-electron chi connectivity index (χ3n) is 4.93. The number of aliphatic hydroxyl groups excluding tert-OH is 1. The number of cyclic esters (lactones) is 1. The third-order valence-corrected chi connectivity index (χ3v) is 4.93. The van der Waals surface area contributed by atoms with Gasteiger partial charge in [-0.1, -0.05) is 13.8 Å². The highest BCUT2D eigenvalue weighted by atomic mass is 16.6. The molecule has 0 bridgehead atoms. The first-order valence-corrected chi connectivity index (χ1v) is 9.74. The van der Waals surface area contributed by atoms with Crippen molar-refractivity contribution in [3.63, 3.8) is 0 Å². The summed E-state index contributed by atoms with van der Waals surface area (Å²) in [6.07, 6.45) is -0.294. The van der Waals surface area contributed by atoms with Gasteiger partial charge in [0.05, 0.1) is 17.4 Å². The van der Waals surface area contributed by atoms with E-state index in [1.165, 1.54) is 0 Å². The maximum atomic E-state index is 11.6.